The van der Waals surface area contributed by atoms with E-state index in [4.69, 9.17) is 10.00 Å². The summed E-state index contributed by atoms with van der Waals surface area (Å²) in [7, 11) is 0. The van der Waals surface area contributed by atoms with E-state index < -0.39 is 5.82 Å². The van der Waals surface area contributed by atoms with Gasteiger partial charge < -0.3 is 9.64 Å². The highest BCUT2D eigenvalue weighted by atomic mass is 19.1. The second-order valence-electron chi connectivity index (χ2n) is 4.63. The van der Waals surface area contributed by atoms with Crippen LogP contribution >= 0.6 is 0 Å². The van der Waals surface area contributed by atoms with E-state index in [-0.39, 0.29) is 24.6 Å². The molecule has 104 valence electrons. The highest BCUT2D eigenvalue weighted by Crippen LogP contribution is 2.32. The normalized spacial score (nSPS) is 13.3. The number of nitriles is 1. The summed E-state index contributed by atoms with van der Waals surface area (Å²) in [5.41, 5.74) is 0.885. The number of carbonyl (C=O) groups excluding carboxylic acids is 1. The van der Waals surface area contributed by atoms with Gasteiger partial charge in [0.15, 0.2) is 6.61 Å². The van der Waals surface area contributed by atoms with Gasteiger partial charge in [-0.3, -0.25) is 4.79 Å². The van der Waals surface area contributed by atoms with E-state index in [1.165, 1.54) is 11.0 Å². The van der Waals surface area contributed by atoms with Crippen molar-refractivity contribution in [1.82, 2.24) is 0 Å². The standard InChI is InChI=1S/C16H11FN2O2/c17-16-11(8-18)4-3-5-12(16)9-19-13-6-1-2-7-14(13)21-10-15(19)20/h1-7H,9-10H2. The second kappa shape index (κ2) is 5.25. The third kappa shape index (κ3) is 2.32. The number of ether oxygens (including phenoxy) is 1. The fourth-order valence-corrected chi connectivity index (χ4v) is 2.29. The molecule has 3 rings (SSSR count). The maximum absolute atomic E-state index is 14.1. The molecule has 2 aromatic carbocycles. The van der Waals surface area contributed by atoms with Crippen molar-refractivity contribution >= 4 is 11.6 Å². The zero-order valence-corrected chi connectivity index (χ0v) is 11.0. The second-order valence-corrected chi connectivity index (χ2v) is 4.63. The van der Waals surface area contributed by atoms with E-state index in [1.807, 2.05) is 6.07 Å². The van der Waals surface area contributed by atoms with Crippen molar-refractivity contribution in [3.8, 4) is 11.8 Å². The highest BCUT2D eigenvalue weighted by Gasteiger charge is 2.26. The minimum absolute atomic E-state index is 0.0264. The number of rotatable bonds is 2. The molecule has 4 nitrogen and oxygen atoms in total. The number of anilines is 1. The molecule has 1 aliphatic rings. The van der Waals surface area contributed by atoms with E-state index in [2.05, 4.69) is 0 Å². The van der Waals surface area contributed by atoms with Gasteiger partial charge in [0.1, 0.15) is 17.6 Å². The van der Waals surface area contributed by atoms with Gasteiger partial charge in [-0.2, -0.15) is 5.26 Å². The van der Waals surface area contributed by atoms with Crippen molar-refractivity contribution in [2.45, 2.75) is 6.54 Å². The van der Waals surface area contributed by atoms with Crippen molar-refractivity contribution < 1.29 is 13.9 Å². The third-order valence-corrected chi connectivity index (χ3v) is 3.34. The molecule has 21 heavy (non-hydrogen) atoms. The van der Waals surface area contributed by atoms with Crippen LogP contribution in [-0.2, 0) is 11.3 Å². The Hall–Kier alpha value is -2.87. The maximum atomic E-state index is 14.1. The van der Waals surface area contributed by atoms with Crippen molar-refractivity contribution in [3.05, 3.63) is 59.4 Å². The number of carbonyl (C=O) groups is 1. The van der Waals surface area contributed by atoms with Crippen LogP contribution in [0.3, 0.4) is 0 Å². The van der Waals surface area contributed by atoms with Gasteiger partial charge in [0, 0.05) is 5.56 Å². The summed E-state index contributed by atoms with van der Waals surface area (Å²) >= 11 is 0. The third-order valence-electron chi connectivity index (χ3n) is 3.34. The van der Waals surface area contributed by atoms with E-state index in [0.29, 0.717) is 17.0 Å². The van der Waals surface area contributed by atoms with Crippen LogP contribution in [-0.4, -0.2) is 12.5 Å². The first-order valence-electron chi connectivity index (χ1n) is 6.40. The number of para-hydroxylation sites is 2. The first kappa shape index (κ1) is 13.1. The van der Waals surface area contributed by atoms with Crippen LogP contribution in [0.15, 0.2) is 42.5 Å². The summed E-state index contributed by atoms with van der Waals surface area (Å²) in [5, 5.41) is 8.87. The molecule has 0 aliphatic carbocycles. The summed E-state index contributed by atoms with van der Waals surface area (Å²) in [6.07, 6.45) is 0. The fourth-order valence-electron chi connectivity index (χ4n) is 2.29. The number of amides is 1. The number of halogens is 1. The van der Waals surface area contributed by atoms with Crippen LogP contribution in [0.25, 0.3) is 0 Å². The van der Waals surface area contributed by atoms with Crippen molar-refractivity contribution in [2.24, 2.45) is 0 Å². The van der Waals surface area contributed by atoms with Crippen LogP contribution < -0.4 is 9.64 Å². The largest absolute Gasteiger partial charge is 0.482 e. The predicted molar refractivity (Wildman–Crippen MR) is 74.2 cm³/mol. The Morgan fingerprint density at radius 3 is 2.86 bits per heavy atom. The number of fused-ring (bicyclic) bond motifs is 1. The Balaban J connectivity index is 1.99. The summed E-state index contributed by atoms with van der Waals surface area (Å²) in [6.45, 7) is -0.00284. The zero-order valence-electron chi connectivity index (χ0n) is 11.0. The molecular formula is C16H11FN2O2. The Bertz CT molecular complexity index is 752. The van der Waals surface area contributed by atoms with Crippen LogP contribution in [0.4, 0.5) is 10.1 Å². The van der Waals surface area contributed by atoms with E-state index in [0.717, 1.165) is 0 Å². The lowest BCUT2D eigenvalue weighted by Gasteiger charge is -2.29. The lowest BCUT2D eigenvalue weighted by atomic mass is 10.1. The first-order chi connectivity index (χ1) is 10.2. The molecular weight excluding hydrogens is 271 g/mol. The molecule has 0 radical (unpaired) electrons. The molecule has 0 unspecified atom stereocenters. The molecule has 0 bridgehead atoms. The van der Waals surface area contributed by atoms with Gasteiger partial charge >= 0.3 is 0 Å². The van der Waals surface area contributed by atoms with Gasteiger partial charge in [0.05, 0.1) is 17.8 Å². The van der Waals surface area contributed by atoms with Crippen LogP contribution in [0.1, 0.15) is 11.1 Å². The minimum Gasteiger partial charge on any atom is -0.482 e. The Morgan fingerprint density at radius 1 is 1.24 bits per heavy atom. The summed E-state index contributed by atoms with van der Waals surface area (Å²) in [4.78, 5) is 13.5. The molecule has 5 heteroatoms. The zero-order chi connectivity index (χ0) is 14.8. The number of benzene rings is 2. The molecule has 0 saturated carbocycles. The molecule has 0 aromatic heterocycles. The average molecular weight is 282 g/mol. The average Bonchev–Trinajstić information content (AvgIpc) is 2.52. The highest BCUT2D eigenvalue weighted by molar-refractivity contribution is 5.97. The molecule has 1 aliphatic heterocycles. The van der Waals surface area contributed by atoms with Crippen molar-refractivity contribution in [3.63, 3.8) is 0 Å². The Labute approximate surface area is 121 Å². The van der Waals surface area contributed by atoms with E-state index >= 15 is 0 Å². The first-order valence-corrected chi connectivity index (χ1v) is 6.40. The van der Waals surface area contributed by atoms with Crippen molar-refractivity contribution in [1.29, 1.82) is 5.26 Å². The number of hydrogen-bond donors (Lipinski definition) is 0. The van der Waals surface area contributed by atoms with Crippen LogP contribution in [0.2, 0.25) is 0 Å². The molecule has 0 N–H and O–H groups in total. The van der Waals surface area contributed by atoms with E-state index in [9.17, 15) is 9.18 Å². The molecule has 1 amide bonds. The molecule has 0 saturated heterocycles. The predicted octanol–water partition coefficient (Wildman–Crippen LogP) is 2.62. The minimum atomic E-state index is -0.586. The number of hydrogen-bond acceptors (Lipinski definition) is 3. The quantitative estimate of drug-likeness (QED) is 0.850. The van der Waals surface area contributed by atoms with Gasteiger partial charge in [0.2, 0.25) is 0 Å². The van der Waals surface area contributed by atoms with Gasteiger partial charge in [-0.05, 0) is 18.2 Å². The van der Waals surface area contributed by atoms with Gasteiger partial charge in [-0.1, -0.05) is 24.3 Å². The molecule has 0 fully saturated rings. The maximum Gasteiger partial charge on any atom is 0.265 e. The number of nitrogens with zero attached hydrogens (tertiary/aromatic N) is 2. The van der Waals surface area contributed by atoms with Crippen LogP contribution in [0.5, 0.6) is 5.75 Å². The SMILES string of the molecule is N#Cc1cccc(CN2C(=O)COc3ccccc32)c1F. The monoisotopic (exact) mass is 282 g/mol. The molecule has 1 heterocycles. The van der Waals surface area contributed by atoms with Gasteiger partial charge in [-0.15, -0.1) is 0 Å². The topological polar surface area (TPSA) is 53.3 Å². The lowest BCUT2D eigenvalue weighted by molar-refractivity contribution is -0.121. The Morgan fingerprint density at radius 2 is 2.05 bits per heavy atom. The molecule has 0 atom stereocenters. The summed E-state index contributed by atoms with van der Waals surface area (Å²) in [6, 6.07) is 13.5. The fraction of sp³-hybridized carbons (Fsp3) is 0.125. The van der Waals surface area contributed by atoms with Crippen LogP contribution in [0, 0.1) is 17.1 Å². The summed E-state index contributed by atoms with van der Waals surface area (Å²) in [5.74, 6) is -0.235. The van der Waals surface area contributed by atoms with E-state index in [1.54, 1.807) is 36.4 Å². The molecule has 0 spiro atoms. The smallest absolute Gasteiger partial charge is 0.265 e. The van der Waals surface area contributed by atoms with Gasteiger partial charge in [-0.25, -0.2) is 4.39 Å². The lowest BCUT2D eigenvalue weighted by Crippen LogP contribution is -2.38. The van der Waals surface area contributed by atoms with Crippen molar-refractivity contribution in [2.75, 3.05) is 11.5 Å². The Kier molecular flexibility index (Phi) is 3.28. The molecule has 2 aromatic rings. The van der Waals surface area contributed by atoms with Gasteiger partial charge in [0.25, 0.3) is 5.91 Å². The summed E-state index contributed by atoms with van der Waals surface area (Å²) < 4.78 is 19.5.